The fraction of sp³-hybridized carbons (Fsp3) is 0.933. The van der Waals surface area contributed by atoms with Gasteiger partial charge in [-0.25, -0.2) is 0 Å². The highest BCUT2D eigenvalue weighted by Gasteiger charge is 2.27. The Morgan fingerprint density at radius 1 is 1.22 bits per heavy atom. The lowest BCUT2D eigenvalue weighted by Gasteiger charge is -2.30. The molecule has 0 aliphatic carbocycles. The first-order valence-corrected chi connectivity index (χ1v) is 7.17. The second kappa shape index (κ2) is 6.04. The first-order valence-electron chi connectivity index (χ1n) is 7.17. The average molecular weight is 251 g/mol. The van der Waals surface area contributed by atoms with Crippen LogP contribution in [-0.2, 0) is 0 Å². The van der Waals surface area contributed by atoms with Crippen LogP contribution in [-0.4, -0.2) is 30.1 Å². The van der Waals surface area contributed by atoms with E-state index in [-0.39, 0.29) is 0 Å². The third-order valence-corrected chi connectivity index (χ3v) is 4.25. The number of nitriles is 1. The van der Waals surface area contributed by atoms with Crippen molar-refractivity contribution in [3.8, 4) is 6.07 Å². The predicted octanol–water partition coefficient (Wildman–Crippen LogP) is 2.77. The van der Waals surface area contributed by atoms with Crippen LogP contribution in [0.1, 0.15) is 53.4 Å². The van der Waals surface area contributed by atoms with Crippen molar-refractivity contribution in [3.05, 3.63) is 0 Å². The number of rotatable bonds is 3. The van der Waals surface area contributed by atoms with Crippen molar-refractivity contribution in [1.29, 1.82) is 5.26 Å². The van der Waals surface area contributed by atoms with Crippen LogP contribution in [0.5, 0.6) is 0 Å². The number of likely N-dealkylation sites (tertiary alicyclic amines) is 1. The van der Waals surface area contributed by atoms with E-state index in [9.17, 15) is 0 Å². The first-order chi connectivity index (χ1) is 8.24. The molecule has 104 valence electrons. The number of nitrogens with zero attached hydrogens (tertiary/aromatic N) is 2. The molecule has 18 heavy (non-hydrogen) atoms. The summed E-state index contributed by atoms with van der Waals surface area (Å²) in [5, 5.41) is 8.93. The lowest BCUT2D eigenvalue weighted by atomic mass is 9.77. The fourth-order valence-electron chi connectivity index (χ4n) is 2.69. The van der Waals surface area contributed by atoms with Crippen LogP contribution in [0.2, 0.25) is 0 Å². The molecule has 0 aromatic carbocycles. The average Bonchev–Trinajstić information content (AvgIpc) is 2.51. The van der Waals surface area contributed by atoms with Crippen molar-refractivity contribution in [3.63, 3.8) is 0 Å². The Kier molecular flexibility index (Phi) is 5.19. The van der Waals surface area contributed by atoms with E-state index >= 15 is 0 Å². The monoisotopic (exact) mass is 251 g/mol. The second-order valence-electron chi connectivity index (χ2n) is 7.11. The minimum absolute atomic E-state index is 0.422. The zero-order valence-corrected chi connectivity index (χ0v) is 12.5. The summed E-state index contributed by atoms with van der Waals surface area (Å²) in [4.78, 5) is 2.48. The summed E-state index contributed by atoms with van der Waals surface area (Å²) in [6.45, 7) is 12.1. The van der Waals surface area contributed by atoms with Gasteiger partial charge < -0.3 is 10.6 Å². The highest BCUT2D eigenvalue weighted by atomic mass is 15.1. The topological polar surface area (TPSA) is 53.1 Å². The van der Waals surface area contributed by atoms with Crippen molar-refractivity contribution in [2.75, 3.05) is 19.6 Å². The fourth-order valence-corrected chi connectivity index (χ4v) is 2.69. The van der Waals surface area contributed by atoms with E-state index in [1.54, 1.807) is 0 Å². The van der Waals surface area contributed by atoms with E-state index < -0.39 is 5.54 Å². The quantitative estimate of drug-likeness (QED) is 0.839. The molecule has 1 rings (SSSR count). The van der Waals surface area contributed by atoms with Gasteiger partial charge in [-0.05, 0) is 57.0 Å². The van der Waals surface area contributed by atoms with Crippen LogP contribution in [0.15, 0.2) is 0 Å². The predicted molar refractivity (Wildman–Crippen MR) is 76.1 cm³/mol. The zero-order chi connectivity index (χ0) is 13.8. The minimum Gasteiger partial charge on any atom is -0.314 e. The third-order valence-electron chi connectivity index (χ3n) is 4.25. The molecule has 3 nitrogen and oxygen atoms in total. The number of hydrogen-bond donors (Lipinski definition) is 1. The molecule has 0 aromatic heterocycles. The van der Waals surface area contributed by atoms with Crippen LogP contribution in [0, 0.1) is 22.7 Å². The van der Waals surface area contributed by atoms with Gasteiger partial charge in [0.2, 0.25) is 0 Å². The van der Waals surface area contributed by atoms with Gasteiger partial charge in [0, 0.05) is 6.54 Å². The highest BCUT2D eigenvalue weighted by molar-refractivity contribution is 5.01. The lowest BCUT2D eigenvalue weighted by molar-refractivity contribution is 0.205. The number of hydrogen-bond acceptors (Lipinski definition) is 3. The molecule has 2 unspecified atom stereocenters. The van der Waals surface area contributed by atoms with Crippen LogP contribution < -0.4 is 5.73 Å². The summed E-state index contributed by atoms with van der Waals surface area (Å²) in [7, 11) is 0. The SMILES string of the molecule is CC(N)(C#N)CCN1CCCC(C(C)(C)C)CC1. The molecule has 0 saturated carbocycles. The first kappa shape index (κ1) is 15.5. The van der Waals surface area contributed by atoms with Crippen molar-refractivity contribution in [2.24, 2.45) is 17.1 Å². The summed E-state index contributed by atoms with van der Waals surface area (Å²) in [6, 6.07) is 2.18. The molecule has 3 heteroatoms. The third kappa shape index (κ3) is 4.96. The summed E-state index contributed by atoms with van der Waals surface area (Å²) >= 11 is 0. The maximum absolute atomic E-state index is 8.93. The Hall–Kier alpha value is -0.590. The molecule has 1 saturated heterocycles. The standard InChI is InChI=1S/C15H29N3/c1-14(2,3)13-6-5-9-18(10-7-13)11-8-15(4,17)12-16/h13H,5-11,17H2,1-4H3. The Bertz CT molecular complexity index is 296. The molecule has 1 aliphatic rings. The Balaban J connectivity index is 2.41. The van der Waals surface area contributed by atoms with Crippen LogP contribution in [0.4, 0.5) is 0 Å². The van der Waals surface area contributed by atoms with Gasteiger partial charge in [0.15, 0.2) is 0 Å². The Labute approximate surface area is 112 Å². The lowest BCUT2D eigenvalue weighted by Crippen LogP contribution is -2.39. The van der Waals surface area contributed by atoms with E-state index in [1.807, 2.05) is 6.92 Å². The molecule has 0 amide bonds. The molecule has 0 radical (unpaired) electrons. The van der Waals surface area contributed by atoms with Gasteiger partial charge in [0.1, 0.15) is 5.54 Å². The van der Waals surface area contributed by atoms with Gasteiger partial charge in [0.25, 0.3) is 0 Å². The smallest absolute Gasteiger partial charge is 0.102 e. The van der Waals surface area contributed by atoms with E-state index in [0.717, 1.165) is 32.0 Å². The van der Waals surface area contributed by atoms with Crippen LogP contribution >= 0.6 is 0 Å². The summed E-state index contributed by atoms with van der Waals surface area (Å²) < 4.78 is 0. The van der Waals surface area contributed by atoms with E-state index in [0.29, 0.717) is 5.41 Å². The Morgan fingerprint density at radius 2 is 1.89 bits per heavy atom. The minimum atomic E-state index is -0.671. The van der Waals surface area contributed by atoms with E-state index in [1.165, 1.54) is 19.3 Å². The largest absolute Gasteiger partial charge is 0.314 e. The molecule has 1 aliphatic heterocycles. The van der Waals surface area contributed by atoms with Gasteiger partial charge in [-0.15, -0.1) is 0 Å². The summed E-state index contributed by atoms with van der Waals surface area (Å²) in [5.74, 6) is 0.822. The molecule has 0 bridgehead atoms. The summed E-state index contributed by atoms with van der Waals surface area (Å²) in [5.41, 5.74) is 5.63. The molecule has 1 heterocycles. The van der Waals surface area contributed by atoms with E-state index in [2.05, 4.69) is 31.7 Å². The van der Waals surface area contributed by atoms with Gasteiger partial charge in [-0.1, -0.05) is 20.8 Å². The van der Waals surface area contributed by atoms with Crippen molar-refractivity contribution in [2.45, 2.75) is 58.9 Å². The second-order valence-corrected chi connectivity index (χ2v) is 7.11. The maximum Gasteiger partial charge on any atom is 0.102 e. The van der Waals surface area contributed by atoms with Gasteiger partial charge in [-0.2, -0.15) is 5.26 Å². The molecule has 1 fully saturated rings. The van der Waals surface area contributed by atoms with Crippen LogP contribution in [0.3, 0.4) is 0 Å². The van der Waals surface area contributed by atoms with Crippen molar-refractivity contribution >= 4 is 0 Å². The van der Waals surface area contributed by atoms with Crippen molar-refractivity contribution in [1.82, 2.24) is 4.90 Å². The van der Waals surface area contributed by atoms with Gasteiger partial charge >= 0.3 is 0 Å². The van der Waals surface area contributed by atoms with E-state index in [4.69, 9.17) is 11.0 Å². The number of nitrogens with two attached hydrogens (primary N) is 1. The van der Waals surface area contributed by atoms with Gasteiger partial charge in [-0.3, -0.25) is 0 Å². The molecule has 2 atom stereocenters. The zero-order valence-electron chi connectivity index (χ0n) is 12.5. The highest BCUT2D eigenvalue weighted by Crippen LogP contribution is 2.34. The molecular formula is C15H29N3. The molecule has 0 spiro atoms. The van der Waals surface area contributed by atoms with Gasteiger partial charge in [0.05, 0.1) is 6.07 Å². The summed E-state index contributed by atoms with van der Waals surface area (Å²) in [6.07, 6.45) is 4.65. The van der Waals surface area contributed by atoms with Crippen molar-refractivity contribution < 1.29 is 0 Å². The maximum atomic E-state index is 8.93. The van der Waals surface area contributed by atoms with Crippen LogP contribution in [0.25, 0.3) is 0 Å². The Morgan fingerprint density at radius 3 is 2.44 bits per heavy atom. The molecular weight excluding hydrogens is 222 g/mol. The normalized spacial score (nSPS) is 26.1. The molecule has 2 N–H and O–H groups in total. The molecule has 0 aromatic rings.